The minimum Gasteiger partial charge on any atom is -0.382 e. The molecule has 0 bridgehead atoms. The van der Waals surface area contributed by atoms with Gasteiger partial charge in [-0.25, -0.2) is 23.1 Å². The third-order valence-corrected chi connectivity index (χ3v) is 8.23. The molecule has 0 radical (unpaired) electrons. The number of carbonyl (C=O) groups is 1. The fourth-order valence-corrected chi connectivity index (χ4v) is 6.62. The van der Waals surface area contributed by atoms with Crippen LogP contribution in [0.1, 0.15) is 34.5 Å². The molecule has 13 heteroatoms. The molecule has 1 aliphatic carbocycles. The van der Waals surface area contributed by atoms with Gasteiger partial charge in [-0.3, -0.25) is 4.79 Å². The topological polar surface area (TPSA) is 104 Å². The first-order valence-electron chi connectivity index (χ1n) is 11.3. The van der Waals surface area contributed by atoms with Crippen LogP contribution in [0.25, 0.3) is 10.2 Å². The maximum absolute atomic E-state index is 12.8. The molecule has 36 heavy (non-hydrogen) atoms. The van der Waals surface area contributed by atoms with Crippen LogP contribution in [-0.4, -0.2) is 55.9 Å². The predicted octanol–water partition coefficient (Wildman–Crippen LogP) is 3.96. The molecule has 1 saturated heterocycles. The Hall–Kier alpha value is -2.93. The third kappa shape index (κ3) is 5.41. The van der Waals surface area contributed by atoms with Gasteiger partial charge >= 0.3 is 6.18 Å². The summed E-state index contributed by atoms with van der Waals surface area (Å²) in [5.41, 5.74) is 1.22. The molecule has 1 aliphatic heterocycles. The SMILES string of the molecule is CS(=O)(=O)NC(=O)c1ccc(NC2CC3(CCN(c4ncnc5sc(CC(F)(F)F)cc45)C3)C2)cc1. The Morgan fingerprint density at radius 3 is 2.61 bits per heavy atom. The van der Waals surface area contributed by atoms with Crippen molar-refractivity contribution in [3.63, 3.8) is 0 Å². The Morgan fingerprint density at radius 2 is 1.94 bits per heavy atom. The maximum Gasteiger partial charge on any atom is 0.393 e. The number of carbonyl (C=O) groups excluding carboxylic acids is 1. The van der Waals surface area contributed by atoms with Crippen LogP contribution in [0.2, 0.25) is 0 Å². The summed E-state index contributed by atoms with van der Waals surface area (Å²) in [5.74, 6) is 0.0218. The van der Waals surface area contributed by atoms with E-state index in [1.54, 1.807) is 30.3 Å². The molecule has 0 unspecified atom stereocenters. The number of nitrogens with one attached hydrogen (secondary N) is 2. The van der Waals surface area contributed by atoms with Crippen molar-refractivity contribution in [3.05, 3.63) is 47.1 Å². The van der Waals surface area contributed by atoms with Crippen molar-refractivity contribution in [1.29, 1.82) is 0 Å². The predicted molar refractivity (Wildman–Crippen MR) is 132 cm³/mol. The van der Waals surface area contributed by atoms with Gasteiger partial charge in [-0.2, -0.15) is 13.2 Å². The highest BCUT2D eigenvalue weighted by Crippen LogP contribution is 2.50. The van der Waals surface area contributed by atoms with Crippen LogP contribution in [0.5, 0.6) is 0 Å². The summed E-state index contributed by atoms with van der Waals surface area (Å²) in [6.45, 7) is 1.57. The summed E-state index contributed by atoms with van der Waals surface area (Å²) >= 11 is 1.06. The van der Waals surface area contributed by atoms with E-state index in [2.05, 4.69) is 20.2 Å². The number of hydrogen-bond acceptors (Lipinski definition) is 8. The first-order chi connectivity index (χ1) is 16.9. The van der Waals surface area contributed by atoms with Gasteiger partial charge in [0.25, 0.3) is 5.91 Å². The lowest BCUT2D eigenvalue weighted by Crippen LogP contribution is -2.46. The number of thiophene rings is 1. The summed E-state index contributed by atoms with van der Waals surface area (Å²) in [6.07, 6.45) is -0.0240. The molecular formula is C23H24F3N5O3S2. The van der Waals surface area contributed by atoms with E-state index in [9.17, 15) is 26.4 Å². The Kier molecular flexibility index (Phi) is 6.10. The minimum absolute atomic E-state index is 0.120. The number of halogens is 3. The Morgan fingerprint density at radius 1 is 1.22 bits per heavy atom. The van der Waals surface area contributed by atoms with Gasteiger partial charge in [-0.1, -0.05) is 0 Å². The van der Waals surface area contributed by atoms with Crippen LogP contribution in [0.15, 0.2) is 36.7 Å². The van der Waals surface area contributed by atoms with Crippen molar-refractivity contribution in [2.75, 3.05) is 29.6 Å². The molecule has 2 N–H and O–H groups in total. The number of hydrogen-bond donors (Lipinski definition) is 2. The van der Waals surface area contributed by atoms with E-state index < -0.39 is 28.5 Å². The molecule has 192 valence electrons. The van der Waals surface area contributed by atoms with Gasteiger partial charge in [0.2, 0.25) is 10.0 Å². The molecule has 3 aromatic rings. The van der Waals surface area contributed by atoms with Crippen molar-refractivity contribution in [2.45, 2.75) is 37.9 Å². The number of rotatable bonds is 6. The largest absolute Gasteiger partial charge is 0.393 e. The highest BCUT2D eigenvalue weighted by Gasteiger charge is 2.49. The Bertz CT molecular complexity index is 1400. The van der Waals surface area contributed by atoms with E-state index in [0.29, 0.717) is 16.0 Å². The maximum atomic E-state index is 12.8. The highest BCUT2D eigenvalue weighted by atomic mass is 32.2. The van der Waals surface area contributed by atoms with Gasteiger partial charge < -0.3 is 10.2 Å². The van der Waals surface area contributed by atoms with Crippen molar-refractivity contribution in [2.24, 2.45) is 5.41 Å². The van der Waals surface area contributed by atoms with E-state index in [0.717, 1.165) is 55.6 Å². The van der Waals surface area contributed by atoms with Crippen LogP contribution < -0.4 is 14.9 Å². The quantitative estimate of drug-likeness (QED) is 0.489. The van der Waals surface area contributed by atoms with Crippen molar-refractivity contribution in [3.8, 4) is 0 Å². The first kappa shape index (κ1) is 24.8. The van der Waals surface area contributed by atoms with E-state index in [1.807, 2.05) is 4.72 Å². The molecule has 1 amide bonds. The molecule has 1 spiro atoms. The molecular weight excluding hydrogens is 515 g/mol. The van der Waals surface area contributed by atoms with E-state index in [-0.39, 0.29) is 21.9 Å². The summed E-state index contributed by atoms with van der Waals surface area (Å²) in [6, 6.07) is 8.46. The summed E-state index contributed by atoms with van der Waals surface area (Å²) in [5, 5.41) is 4.13. The minimum atomic E-state index is -4.26. The molecule has 1 saturated carbocycles. The van der Waals surface area contributed by atoms with E-state index in [4.69, 9.17) is 0 Å². The zero-order valence-electron chi connectivity index (χ0n) is 19.3. The molecule has 2 aliphatic rings. The van der Waals surface area contributed by atoms with Gasteiger partial charge in [0.15, 0.2) is 0 Å². The average Bonchev–Trinajstić information content (AvgIpc) is 3.35. The normalized spacial score (nSPS) is 22.1. The summed E-state index contributed by atoms with van der Waals surface area (Å²) < 4.78 is 62.9. The fraction of sp³-hybridized carbons (Fsp3) is 0.435. The van der Waals surface area contributed by atoms with Crippen LogP contribution >= 0.6 is 11.3 Å². The monoisotopic (exact) mass is 539 g/mol. The molecule has 2 fully saturated rings. The van der Waals surface area contributed by atoms with E-state index >= 15 is 0 Å². The van der Waals surface area contributed by atoms with Crippen molar-refractivity contribution < 1.29 is 26.4 Å². The van der Waals surface area contributed by atoms with Gasteiger partial charge in [0.05, 0.1) is 18.1 Å². The second-order valence-electron chi connectivity index (χ2n) is 9.62. The molecule has 2 aromatic heterocycles. The zero-order valence-corrected chi connectivity index (χ0v) is 20.9. The summed E-state index contributed by atoms with van der Waals surface area (Å²) in [7, 11) is -3.62. The third-order valence-electron chi connectivity index (χ3n) is 6.63. The second-order valence-corrected chi connectivity index (χ2v) is 12.5. The Balaban J connectivity index is 1.20. The lowest BCUT2D eigenvalue weighted by molar-refractivity contribution is -0.126. The van der Waals surface area contributed by atoms with Crippen molar-refractivity contribution >= 4 is 49.0 Å². The van der Waals surface area contributed by atoms with Crippen LogP contribution in [0.3, 0.4) is 0 Å². The van der Waals surface area contributed by atoms with Crippen LogP contribution in [0, 0.1) is 5.41 Å². The number of alkyl halides is 3. The van der Waals surface area contributed by atoms with E-state index in [1.165, 1.54) is 6.33 Å². The lowest BCUT2D eigenvalue weighted by Gasteiger charge is -2.46. The molecule has 1 aromatic carbocycles. The summed E-state index contributed by atoms with van der Waals surface area (Å²) in [4.78, 5) is 23.5. The van der Waals surface area contributed by atoms with Crippen LogP contribution in [0.4, 0.5) is 24.7 Å². The molecule has 0 atom stereocenters. The number of fused-ring (bicyclic) bond motifs is 1. The van der Waals surface area contributed by atoms with Gasteiger partial charge in [0.1, 0.15) is 17.0 Å². The second kappa shape index (κ2) is 8.87. The standard InChI is InChI=1S/C23H24F3N5O3S2/c1-36(33,34)30-20(32)14-2-4-15(5-3-14)29-16-9-22(10-16)6-7-31(12-22)19-18-8-17(11-23(24,25)26)35-21(18)28-13-27-19/h2-5,8,13,16,29H,6-7,9-12H2,1H3,(H,30,32). The Labute approximate surface area is 210 Å². The number of anilines is 2. The highest BCUT2D eigenvalue weighted by molar-refractivity contribution is 7.89. The molecule has 5 rings (SSSR count). The molecule has 3 heterocycles. The van der Waals surface area contributed by atoms with Gasteiger partial charge in [-0.05, 0) is 55.0 Å². The smallest absolute Gasteiger partial charge is 0.382 e. The number of amides is 1. The number of nitrogens with zero attached hydrogens (tertiary/aromatic N) is 3. The molecule has 8 nitrogen and oxygen atoms in total. The van der Waals surface area contributed by atoms with Crippen LogP contribution in [-0.2, 0) is 16.4 Å². The number of sulfonamides is 1. The lowest BCUT2D eigenvalue weighted by atomic mass is 9.65. The number of benzene rings is 1. The van der Waals surface area contributed by atoms with Gasteiger partial charge in [0, 0.05) is 35.3 Å². The van der Waals surface area contributed by atoms with Gasteiger partial charge in [-0.15, -0.1) is 11.3 Å². The average molecular weight is 540 g/mol. The fourth-order valence-electron chi connectivity index (χ4n) is 5.15. The number of aromatic nitrogens is 2. The zero-order chi connectivity index (χ0) is 25.7. The van der Waals surface area contributed by atoms with Crippen molar-refractivity contribution in [1.82, 2.24) is 14.7 Å². The first-order valence-corrected chi connectivity index (χ1v) is 14.0.